The minimum atomic E-state index is -0.167. The van der Waals surface area contributed by atoms with Crippen molar-refractivity contribution in [2.24, 2.45) is 0 Å². The Kier molecular flexibility index (Phi) is 5.83. The van der Waals surface area contributed by atoms with Crippen molar-refractivity contribution < 1.29 is 14.6 Å². The number of nitrogens with one attached hydrogen (secondary N) is 2. The zero-order valence-electron chi connectivity index (χ0n) is 11.5. The molecule has 110 valence electrons. The first-order valence-electron chi connectivity index (χ1n) is 7.07. The van der Waals surface area contributed by atoms with Crippen molar-refractivity contribution in [3.8, 4) is 0 Å². The molecule has 5 heteroatoms. The van der Waals surface area contributed by atoms with E-state index < -0.39 is 0 Å². The number of urea groups is 1. The van der Waals surface area contributed by atoms with Crippen molar-refractivity contribution in [1.82, 2.24) is 10.6 Å². The Morgan fingerprint density at radius 3 is 2.85 bits per heavy atom. The molecule has 2 amide bonds. The monoisotopic (exact) mass is 278 g/mol. The quantitative estimate of drug-likeness (QED) is 0.733. The number of amides is 2. The number of hydrogen-bond donors (Lipinski definition) is 3. The third-order valence-corrected chi connectivity index (χ3v) is 3.52. The summed E-state index contributed by atoms with van der Waals surface area (Å²) in [4.78, 5) is 11.8. The van der Waals surface area contributed by atoms with Gasteiger partial charge in [-0.3, -0.25) is 0 Å². The maximum Gasteiger partial charge on any atom is 0.315 e. The number of rotatable bonds is 6. The van der Waals surface area contributed by atoms with Gasteiger partial charge in [-0.05, 0) is 18.4 Å². The molecule has 20 heavy (non-hydrogen) atoms. The van der Waals surface area contributed by atoms with Gasteiger partial charge in [-0.15, -0.1) is 0 Å². The van der Waals surface area contributed by atoms with Gasteiger partial charge in [0.1, 0.15) is 0 Å². The normalized spacial score (nSPS) is 19.6. The molecule has 1 saturated heterocycles. The van der Waals surface area contributed by atoms with Crippen LogP contribution in [0.4, 0.5) is 4.79 Å². The molecule has 0 radical (unpaired) electrons. The van der Waals surface area contributed by atoms with Crippen LogP contribution in [0.15, 0.2) is 30.3 Å². The van der Waals surface area contributed by atoms with Gasteiger partial charge in [-0.2, -0.15) is 0 Å². The predicted molar refractivity (Wildman–Crippen MR) is 76.6 cm³/mol. The van der Waals surface area contributed by atoms with E-state index in [0.717, 1.165) is 12.0 Å². The van der Waals surface area contributed by atoms with Gasteiger partial charge in [0.15, 0.2) is 0 Å². The topological polar surface area (TPSA) is 70.6 Å². The van der Waals surface area contributed by atoms with Crippen LogP contribution in [0, 0.1) is 0 Å². The van der Waals surface area contributed by atoms with Crippen LogP contribution in [-0.4, -0.2) is 43.5 Å². The summed E-state index contributed by atoms with van der Waals surface area (Å²) in [6.07, 6.45) is 1.50. The van der Waals surface area contributed by atoms with Gasteiger partial charge in [0.2, 0.25) is 0 Å². The van der Waals surface area contributed by atoms with Gasteiger partial charge in [-0.25, -0.2) is 4.79 Å². The Morgan fingerprint density at radius 1 is 1.40 bits per heavy atom. The highest BCUT2D eigenvalue weighted by Crippen LogP contribution is 2.18. The average Bonchev–Trinajstić information content (AvgIpc) is 2.97. The minimum absolute atomic E-state index is 0.110. The number of carbonyl (C=O) groups excluding carboxylic acids is 1. The number of carbonyl (C=O) groups is 1. The highest BCUT2D eigenvalue weighted by molar-refractivity contribution is 5.74. The Bertz CT molecular complexity index is 405. The van der Waals surface area contributed by atoms with Gasteiger partial charge >= 0.3 is 6.03 Å². The van der Waals surface area contributed by atoms with Crippen LogP contribution in [-0.2, 0) is 4.74 Å². The smallest absolute Gasteiger partial charge is 0.315 e. The van der Waals surface area contributed by atoms with Crippen LogP contribution in [0.1, 0.15) is 24.3 Å². The molecule has 2 rings (SSSR count). The second-order valence-corrected chi connectivity index (χ2v) is 5.03. The largest absolute Gasteiger partial charge is 0.396 e. The second kappa shape index (κ2) is 7.87. The Balaban J connectivity index is 1.81. The molecular weight excluding hydrogens is 256 g/mol. The van der Waals surface area contributed by atoms with Crippen molar-refractivity contribution in [2.75, 3.05) is 26.4 Å². The van der Waals surface area contributed by atoms with Gasteiger partial charge < -0.3 is 20.5 Å². The summed E-state index contributed by atoms with van der Waals surface area (Å²) < 4.78 is 5.22. The summed E-state index contributed by atoms with van der Waals surface area (Å²) >= 11 is 0. The molecule has 0 bridgehead atoms. The van der Waals surface area contributed by atoms with E-state index in [1.807, 2.05) is 30.3 Å². The summed E-state index contributed by atoms with van der Waals surface area (Å²) in [6, 6.07) is 9.88. The molecule has 1 fully saturated rings. The van der Waals surface area contributed by atoms with E-state index in [9.17, 15) is 4.79 Å². The van der Waals surface area contributed by atoms with Crippen molar-refractivity contribution in [2.45, 2.75) is 24.8 Å². The molecule has 0 aromatic heterocycles. The fourth-order valence-corrected chi connectivity index (χ4v) is 2.37. The molecule has 1 aliphatic heterocycles. The Labute approximate surface area is 119 Å². The minimum Gasteiger partial charge on any atom is -0.396 e. The number of aliphatic hydroxyl groups excluding tert-OH is 1. The lowest BCUT2D eigenvalue weighted by atomic mass is 9.96. The lowest BCUT2D eigenvalue weighted by Crippen LogP contribution is -2.43. The van der Waals surface area contributed by atoms with Gasteiger partial charge in [0.25, 0.3) is 0 Å². The van der Waals surface area contributed by atoms with E-state index >= 15 is 0 Å². The SMILES string of the molecule is O=C(NCC(CCO)c1ccccc1)NC1CCOC1. The van der Waals surface area contributed by atoms with Gasteiger partial charge in [0, 0.05) is 25.7 Å². The van der Waals surface area contributed by atoms with Gasteiger partial charge in [-0.1, -0.05) is 30.3 Å². The van der Waals surface area contributed by atoms with Crippen LogP contribution in [0.3, 0.4) is 0 Å². The second-order valence-electron chi connectivity index (χ2n) is 5.03. The van der Waals surface area contributed by atoms with E-state index in [-0.39, 0.29) is 24.6 Å². The first-order valence-corrected chi connectivity index (χ1v) is 7.07. The molecule has 1 aliphatic rings. The van der Waals surface area contributed by atoms with Crippen molar-refractivity contribution in [3.05, 3.63) is 35.9 Å². The van der Waals surface area contributed by atoms with Crippen molar-refractivity contribution in [3.63, 3.8) is 0 Å². The summed E-state index contributed by atoms with van der Waals surface area (Å²) in [5.74, 6) is 0.131. The fourth-order valence-electron chi connectivity index (χ4n) is 2.37. The standard InChI is InChI=1S/C15H22N2O3/c18-8-6-13(12-4-2-1-3-5-12)10-16-15(19)17-14-7-9-20-11-14/h1-5,13-14,18H,6-11H2,(H2,16,17,19). The maximum absolute atomic E-state index is 11.8. The molecule has 3 N–H and O–H groups in total. The van der Waals surface area contributed by atoms with Crippen LogP contribution >= 0.6 is 0 Å². The molecule has 2 unspecified atom stereocenters. The molecule has 1 heterocycles. The van der Waals surface area contributed by atoms with Crippen LogP contribution in [0.5, 0.6) is 0 Å². The summed E-state index contributed by atoms with van der Waals surface area (Å²) in [7, 11) is 0. The third kappa shape index (κ3) is 4.51. The van der Waals surface area contributed by atoms with E-state index in [1.165, 1.54) is 0 Å². The van der Waals surface area contributed by atoms with Gasteiger partial charge in [0.05, 0.1) is 12.6 Å². The number of benzene rings is 1. The molecule has 2 atom stereocenters. The van der Waals surface area contributed by atoms with Crippen LogP contribution < -0.4 is 10.6 Å². The molecule has 0 spiro atoms. The summed E-state index contributed by atoms with van der Waals surface area (Å²) in [6.45, 7) is 1.93. The van der Waals surface area contributed by atoms with E-state index in [0.29, 0.717) is 26.2 Å². The Morgan fingerprint density at radius 2 is 2.20 bits per heavy atom. The van der Waals surface area contributed by atoms with Crippen LogP contribution in [0.2, 0.25) is 0 Å². The lowest BCUT2D eigenvalue weighted by molar-refractivity contribution is 0.188. The molecule has 0 saturated carbocycles. The molecule has 1 aromatic carbocycles. The molecule has 1 aromatic rings. The zero-order valence-corrected chi connectivity index (χ0v) is 11.5. The predicted octanol–water partition coefficient (Wildman–Crippen LogP) is 1.24. The lowest BCUT2D eigenvalue weighted by Gasteiger charge is -2.18. The highest BCUT2D eigenvalue weighted by atomic mass is 16.5. The highest BCUT2D eigenvalue weighted by Gasteiger charge is 2.18. The van der Waals surface area contributed by atoms with Crippen molar-refractivity contribution >= 4 is 6.03 Å². The van der Waals surface area contributed by atoms with Crippen molar-refractivity contribution in [1.29, 1.82) is 0 Å². The first kappa shape index (κ1) is 14.8. The fraction of sp³-hybridized carbons (Fsp3) is 0.533. The van der Waals surface area contributed by atoms with E-state index in [2.05, 4.69) is 10.6 Å². The third-order valence-electron chi connectivity index (χ3n) is 3.52. The number of hydrogen-bond acceptors (Lipinski definition) is 3. The molecule has 0 aliphatic carbocycles. The first-order chi connectivity index (χ1) is 9.79. The zero-order chi connectivity index (χ0) is 14.2. The van der Waals surface area contributed by atoms with Crippen LogP contribution in [0.25, 0.3) is 0 Å². The number of aliphatic hydroxyl groups is 1. The number of ether oxygens (including phenoxy) is 1. The molecule has 5 nitrogen and oxygen atoms in total. The van der Waals surface area contributed by atoms with E-state index in [4.69, 9.17) is 9.84 Å². The molecular formula is C15H22N2O3. The maximum atomic E-state index is 11.8. The average molecular weight is 278 g/mol. The van der Waals surface area contributed by atoms with E-state index in [1.54, 1.807) is 0 Å². The summed E-state index contributed by atoms with van der Waals surface area (Å²) in [5.41, 5.74) is 1.13. The Hall–Kier alpha value is -1.59. The summed E-state index contributed by atoms with van der Waals surface area (Å²) in [5, 5.41) is 14.9.